The van der Waals surface area contributed by atoms with E-state index in [-0.39, 0.29) is 67.0 Å². The Hall–Kier alpha value is -4.99. The molecule has 0 bridgehead atoms. The lowest BCUT2D eigenvalue weighted by Gasteiger charge is -2.47. The minimum Gasteiger partial charge on any atom is -0.283 e. The van der Waals surface area contributed by atoms with Crippen molar-refractivity contribution < 1.29 is 25.3 Å². The van der Waals surface area contributed by atoms with Crippen LogP contribution in [0.2, 0.25) is 0 Å². The number of hydrogen-bond acceptors (Lipinski definition) is 7. The van der Waals surface area contributed by atoms with Crippen LogP contribution in [0.5, 0.6) is 0 Å². The highest BCUT2D eigenvalue weighted by molar-refractivity contribution is 7.89. The molecule has 0 aromatic heterocycles. The highest BCUT2D eigenvalue weighted by Gasteiger charge is 2.43. The quantitative estimate of drug-likeness (QED) is 0.133. The van der Waals surface area contributed by atoms with Crippen LogP contribution >= 0.6 is 0 Å². The molecular formula is C48H52N4O6S3. The van der Waals surface area contributed by atoms with Gasteiger partial charge < -0.3 is 0 Å². The number of aryl methyl sites for hydroxylation is 3. The van der Waals surface area contributed by atoms with Crippen LogP contribution in [0.15, 0.2) is 178 Å². The molecule has 1 aliphatic rings. The van der Waals surface area contributed by atoms with Crippen molar-refractivity contribution in [2.45, 2.75) is 41.0 Å². The van der Waals surface area contributed by atoms with E-state index in [1.54, 1.807) is 60.7 Å². The summed E-state index contributed by atoms with van der Waals surface area (Å²) in [4.78, 5) is 2.42. The molecule has 0 radical (unpaired) electrons. The Labute approximate surface area is 361 Å². The topological polar surface area (TPSA) is 115 Å². The summed E-state index contributed by atoms with van der Waals surface area (Å²) in [6, 6.07) is 49.7. The normalized spacial score (nSPS) is 16.4. The van der Waals surface area contributed by atoms with Crippen molar-refractivity contribution in [1.29, 1.82) is 0 Å². The number of sulfonamides is 3. The van der Waals surface area contributed by atoms with E-state index in [0.717, 1.165) is 33.4 Å². The molecule has 0 atom stereocenters. The van der Waals surface area contributed by atoms with Crippen molar-refractivity contribution in [2.75, 3.05) is 52.4 Å². The van der Waals surface area contributed by atoms with Crippen molar-refractivity contribution in [2.24, 2.45) is 0 Å². The predicted molar refractivity (Wildman–Crippen MR) is 241 cm³/mol. The zero-order valence-corrected chi connectivity index (χ0v) is 37.2. The first-order chi connectivity index (χ1) is 29.2. The summed E-state index contributed by atoms with van der Waals surface area (Å²) in [5, 5.41) is 0. The van der Waals surface area contributed by atoms with Crippen molar-refractivity contribution in [3.8, 4) is 0 Å². The van der Waals surface area contributed by atoms with Crippen LogP contribution in [-0.2, 0) is 35.6 Å². The lowest BCUT2D eigenvalue weighted by Crippen LogP contribution is -2.55. The molecule has 318 valence electrons. The fourth-order valence-electron chi connectivity index (χ4n) is 8.08. The summed E-state index contributed by atoms with van der Waals surface area (Å²) >= 11 is 0. The van der Waals surface area contributed by atoms with Gasteiger partial charge in [0.05, 0.1) is 20.2 Å². The molecule has 0 saturated carbocycles. The van der Waals surface area contributed by atoms with Crippen LogP contribution in [0.25, 0.3) is 0 Å². The third-order valence-corrected chi connectivity index (χ3v) is 17.2. The van der Waals surface area contributed by atoms with E-state index in [9.17, 15) is 25.3 Å². The number of nitrogens with zero attached hydrogens (tertiary/aromatic N) is 4. The van der Waals surface area contributed by atoms with E-state index in [1.165, 1.54) is 25.0 Å². The summed E-state index contributed by atoms with van der Waals surface area (Å²) in [5.41, 5.74) is 4.39. The van der Waals surface area contributed by atoms with Crippen molar-refractivity contribution in [1.82, 2.24) is 17.8 Å². The van der Waals surface area contributed by atoms with Crippen LogP contribution in [0, 0.1) is 20.8 Å². The summed E-state index contributed by atoms with van der Waals surface area (Å²) in [6.07, 6.45) is 0. The first kappa shape index (κ1) is 44.1. The fourth-order valence-corrected chi connectivity index (χ4v) is 12.3. The molecule has 1 saturated heterocycles. The minimum atomic E-state index is -4.21. The van der Waals surface area contributed by atoms with Crippen molar-refractivity contribution in [3.05, 3.63) is 197 Å². The van der Waals surface area contributed by atoms with E-state index >= 15 is 0 Å². The van der Waals surface area contributed by atoms with Gasteiger partial charge in [-0.15, -0.1) is 0 Å². The molecule has 1 fully saturated rings. The van der Waals surface area contributed by atoms with Crippen LogP contribution in [0.1, 0.15) is 33.4 Å². The first-order valence-electron chi connectivity index (χ1n) is 20.4. The maximum Gasteiger partial charge on any atom is 0.243 e. The summed E-state index contributed by atoms with van der Waals surface area (Å²) in [6.45, 7) is 5.04. The molecule has 10 nitrogen and oxygen atoms in total. The molecule has 0 unspecified atom stereocenters. The van der Waals surface area contributed by atoms with E-state index in [0.29, 0.717) is 0 Å². The zero-order chi connectivity index (χ0) is 43.3. The Bertz CT molecular complexity index is 2530. The zero-order valence-electron chi connectivity index (χ0n) is 34.7. The molecule has 6 aromatic rings. The largest absolute Gasteiger partial charge is 0.283 e. The molecule has 1 heterocycles. The molecule has 0 aliphatic carbocycles. The standard InChI is InChI=1S/C48H52N4O6S3/c1-39-19-25-45(26-20-39)59(53,54)50-33-31-49(48(42-13-7-4-8-14-42,43-15-9-5-10-16-43)44-17-11-6-12-18-44)32-34-51(60(55,56)46-27-21-40(2)22-28-46)36-38-52(37-35-50)61(57,58)47-29-23-41(3)24-30-47/h4-30H,31-38H2,1-3H3. The van der Waals surface area contributed by atoms with Gasteiger partial charge in [-0.05, 0) is 73.9 Å². The SMILES string of the molecule is Cc1ccc(S(=O)(=O)N2CCN(C(c3ccccc3)(c3ccccc3)c3ccccc3)CCN(S(=O)(=O)c3ccc(C)cc3)CCN(S(=O)(=O)c3ccc(C)cc3)CC2)cc1. The summed E-state index contributed by atoms with van der Waals surface area (Å²) in [5.74, 6) is 0. The van der Waals surface area contributed by atoms with Crippen molar-refractivity contribution >= 4 is 30.1 Å². The van der Waals surface area contributed by atoms with Gasteiger partial charge in [-0.1, -0.05) is 144 Å². The maximum atomic E-state index is 14.8. The number of benzene rings is 6. The molecule has 7 rings (SSSR count). The fraction of sp³-hybridized carbons (Fsp3) is 0.250. The second-order valence-electron chi connectivity index (χ2n) is 15.4. The van der Waals surface area contributed by atoms with Crippen LogP contribution in [-0.4, -0.2) is 95.4 Å². The monoisotopic (exact) mass is 876 g/mol. The second kappa shape index (κ2) is 18.5. The Balaban J connectivity index is 1.42. The van der Waals surface area contributed by atoms with Gasteiger partial charge in [-0.3, -0.25) is 4.90 Å². The Kier molecular flexibility index (Phi) is 13.4. The van der Waals surface area contributed by atoms with E-state index in [2.05, 4.69) is 4.90 Å². The van der Waals surface area contributed by atoms with E-state index in [1.807, 2.05) is 112 Å². The van der Waals surface area contributed by atoms with Gasteiger partial charge in [0.15, 0.2) is 0 Å². The number of hydrogen-bond donors (Lipinski definition) is 0. The molecular weight excluding hydrogens is 825 g/mol. The van der Waals surface area contributed by atoms with Crippen LogP contribution in [0.4, 0.5) is 0 Å². The Morgan fingerprint density at radius 1 is 0.328 bits per heavy atom. The van der Waals surface area contributed by atoms with Gasteiger partial charge in [0.2, 0.25) is 30.1 Å². The molecule has 6 aromatic carbocycles. The average molecular weight is 877 g/mol. The highest BCUT2D eigenvalue weighted by atomic mass is 32.2. The third-order valence-electron chi connectivity index (χ3n) is 11.5. The molecule has 1 aliphatic heterocycles. The van der Waals surface area contributed by atoms with Gasteiger partial charge in [-0.25, -0.2) is 25.3 Å². The Morgan fingerprint density at radius 3 is 0.803 bits per heavy atom. The minimum absolute atomic E-state index is 0.0341. The van der Waals surface area contributed by atoms with Gasteiger partial charge in [0.1, 0.15) is 0 Å². The molecule has 0 spiro atoms. The molecule has 61 heavy (non-hydrogen) atoms. The summed E-state index contributed by atoms with van der Waals surface area (Å²) < 4.78 is 92.0. The second-order valence-corrected chi connectivity index (χ2v) is 21.3. The third kappa shape index (κ3) is 9.29. The van der Waals surface area contributed by atoms with Gasteiger partial charge in [-0.2, -0.15) is 12.9 Å². The highest BCUT2D eigenvalue weighted by Crippen LogP contribution is 2.42. The lowest BCUT2D eigenvalue weighted by molar-refractivity contribution is 0.133. The average Bonchev–Trinajstić information content (AvgIpc) is 3.26. The van der Waals surface area contributed by atoms with Crippen LogP contribution in [0.3, 0.4) is 0 Å². The Morgan fingerprint density at radius 2 is 0.557 bits per heavy atom. The maximum absolute atomic E-state index is 14.8. The van der Waals surface area contributed by atoms with Gasteiger partial charge in [0.25, 0.3) is 0 Å². The smallest absolute Gasteiger partial charge is 0.243 e. The summed E-state index contributed by atoms with van der Waals surface area (Å²) in [7, 11) is -12.5. The molecule has 13 heteroatoms. The van der Waals surface area contributed by atoms with E-state index < -0.39 is 35.6 Å². The lowest BCUT2D eigenvalue weighted by atomic mass is 9.75. The molecule has 0 N–H and O–H groups in total. The van der Waals surface area contributed by atoms with Crippen LogP contribution < -0.4 is 0 Å². The predicted octanol–water partition coefficient (Wildman–Crippen LogP) is 7.29. The molecule has 0 amide bonds. The number of rotatable bonds is 10. The van der Waals surface area contributed by atoms with Gasteiger partial charge >= 0.3 is 0 Å². The van der Waals surface area contributed by atoms with Gasteiger partial charge in [0, 0.05) is 52.4 Å². The van der Waals surface area contributed by atoms with Crippen molar-refractivity contribution in [3.63, 3.8) is 0 Å². The first-order valence-corrected chi connectivity index (χ1v) is 24.7. The van der Waals surface area contributed by atoms with E-state index in [4.69, 9.17) is 0 Å².